The summed E-state index contributed by atoms with van der Waals surface area (Å²) in [6.07, 6.45) is 0. The number of amides is 1. The van der Waals surface area contributed by atoms with Gasteiger partial charge in [0.25, 0.3) is 5.91 Å². The Morgan fingerprint density at radius 1 is 1.00 bits per heavy atom. The molecule has 2 N–H and O–H groups in total. The number of rotatable bonds is 5. The van der Waals surface area contributed by atoms with Crippen LogP contribution in [-0.4, -0.2) is 26.4 Å². The van der Waals surface area contributed by atoms with Gasteiger partial charge in [-0.1, -0.05) is 24.3 Å². The lowest BCUT2D eigenvalue weighted by Gasteiger charge is -2.08. The number of sulfonamides is 1. The summed E-state index contributed by atoms with van der Waals surface area (Å²) in [5.41, 5.74) is 1.84. The lowest BCUT2D eigenvalue weighted by molar-refractivity contribution is 0.0963. The van der Waals surface area contributed by atoms with Crippen LogP contribution < -0.4 is 10.0 Å². The van der Waals surface area contributed by atoms with Crippen LogP contribution in [0.4, 0.5) is 0 Å². The van der Waals surface area contributed by atoms with E-state index in [2.05, 4.69) is 15.0 Å². The second-order valence-electron chi connectivity index (χ2n) is 5.42. The summed E-state index contributed by atoms with van der Waals surface area (Å²) in [6, 6.07) is 17.1. The number of fused-ring (bicyclic) bond motifs is 1. The molecule has 0 aliphatic heterocycles. The van der Waals surface area contributed by atoms with Gasteiger partial charge in [0.2, 0.25) is 10.0 Å². The van der Waals surface area contributed by atoms with E-state index in [1.54, 1.807) is 6.07 Å². The molecule has 0 unspecified atom stereocenters. The maximum atomic E-state index is 12.4. The molecule has 1 amide bonds. The average molecular weight is 355 g/mol. The maximum Gasteiger partial charge on any atom is 0.251 e. The predicted molar refractivity (Wildman–Crippen MR) is 95.6 cm³/mol. The molecule has 1 heterocycles. The van der Waals surface area contributed by atoms with Gasteiger partial charge in [-0.05, 0) is 36.4 Å². The lowest BCUT2D eigenvalue weighted by Crippen LogP contribution is -2.24. The van der Waals surface area contributed by atoms with Crippen LogP contribution in [0.25, 0.3) is 10.9 Å². The van der Waals surface area contributed by atoms with Gasteiger partial charge in [0.1, 0.15) is 0 Å². The summed E-state index contributed by atoms with van der Waals surface area (Å²) in [5.74, 6) is -0.266. The highest BCUT2D eigenvalue weighted by Crippen LogP contribution is 2.14. The van der Waals surface area contributed by atoms with E-state index < -0.39 is 10.0 Å². The average Bonchev–Trinajstić information content (AvgIpc) is 2.65. The highest BCUT2D eigenvalue weighted by atomic mass is 32.2. The highest BCUT2D eigenvalue weighted by molar-refractivity contribution is 7.89. The van der Waals surface area contributed by atoms with Crippen molar-refractivity contribution in [1.29, 1.82) is 0 Å². The molecule has 0 aliphatic rings. The zero-order valence-electron chi connectivity index (χ0n) is 13.6. The zero-order valence-corrected chi connectivity index (χ0v) is 14.4. The number of para-hydroxylation sites is 1. The largest absolute Gasteiger partial charge is 0.355 e. The standard InChI is InChI=1S/C18H17N3O3S/c1-19-18(22)14-7-10-16(11-8-14)25(23,24)20-12-15-9-6-13-4-2-3-5-17(13)21-15/h2-11,20H,12H2,1H3,(H,19,22). The summed E-state index contributed by atoms with van der Waals surface area (Å²) < 4.78 is 27.3. The van der Waals surface area contributed by atoms with E-state index in [0.717, 1.165) is 10.9 Å². The monoisotopic (exact) mass is 355 g/mol. The first-order valence-corrected chi connectivity index (χ1v) is 9.14. The van der Waals surface area contributed by atoms with Crippen molar-refractivity contribution in [3.63, 3.8) is 0 Å². The van der Waals surface area contributed by atoms with Gasteiger partial charge < -0.3 is 5.32 Å². The molecule has 25 heavy (non-hydrogen) atoms. The van der Waals surface area contributed by atoms with Crippen LogP contribution in [0.2, 0.25) is 0 Å². The van der Waals surface area contributed by atoms with Gasteiger partial charge in [0, 0.05) is 18.0 Å². The van der Waals surface area contributed by atoms with E-state index in [1.165, 1.54) is 31.3 Å². The summed E-state index contributed by atoms with van der Waals surface area (Å²) in [7, 11) is -2.16. The van der Waals surface area contributed by atoms with E-state index in [9.17, 15) is 13.2 Å². The molecule has 3 rings (SSSR count). The first-order valence-electron chi connectivity index (χ1n) is 7.66. The number of carbonyl (C=O) groups excluding carboxylic acids is 1. The van der Waals surface area contributed by atoms with Crippen LogP contribution in [0.5, 0.6) is 0 Å². The third kappa shape index (κ3) is 3.84. The molecule has 0 saturated heterocycles. The first-order chi connectivity index (χ1) is 12.0. The van der Waals surface area contributed by atoms with Crippen molar-refractivity contribution < 1.29 is 13.2 Å². The van der Waals surface area contributed by atoms with Gasteiger partial charge in [-0.25, -0.2) is 13.1 Å². The van der Waals surface area contributed by atoms with E-state index in [0.29, 0.717) is 11.3 Å². The van der Waals surface area contributed by atoms with Crippen LogP contribution in [-0.2, 0) is 16.6 Å². The molecular weight excluding hydrogens is 338 g/mol. The minimum Gasteiger partial charge on any atom is -0.355 e. The molecule has 0 aliphatic carbocycles. The van der Waals surface area contributed by atoms with E-state index in [4.69, 9.17) is 0 Å². The quantitative estimate of drug-likeness (QED) is 0.733. The number of hydrogen-bond donors (Lipinski definition) is 2. The van der Waals surface area contributed by atoms with Gasteiger partial charge in [-0.2, -0.15) is 0 Å². The predicted octanol–water partition coefficient (Wildman–Crippen LogP) is 2.07. The number of aromatic nitrogens is 1. The molecule has 7 heteroatoms. The fourth-order valence-corrected chi connectivity index (χ4v) is 3.39. The molecule has 1 aromatic heterocycles. The second kappa shape index (κ2) is 7.00. The van der Waals surface area contributed by atoms with Crippen LogP contribution in [0, 0.1) is 0 Å². The topological polar surface area (TPSA) is 88.2 Å². The van der Waals surface area contributed by atoms with Crippen LogP contribution >= 0.6 is 0 Å². The number of carbonyl (C=O) groups is 1. The summed E-state index contributed by atoms with van der Waals surface area (Å²) in [5, 5.41) is 3.49. The summed E-state index contributed by atoms with van der Waals surface area (Å²) in [6.45, 7) is 0.0877. The van der Waals surface area contributed by atoms with Crippen LogP contribution in [0.1, 0.15) is 16.1 Å². The third-order valence-electron chi connectivity index (χ3n) is 3.75. The van der Waals surface area contributed by atoms with Gasteiger partial charge >= 0.3 is 0 Å². The van der Waals surface area contributed by atoms with Gasteiger partial charge in [0.05, 0.1) is 22.7 Å². The Balaban J connectivity index is 1.75. The van der Waals surface area contributed by atoms with Gasteiger partial charge in [0.15, 0.2) is 0 Å². The van der Waals surface area contributed by atoms with Crippen molar-refractivity contribution in [3.05, 3.63) is 71.9 Å². The number of hydrogen-bond acceptors (Lipinski definition) is 4. The van der Waals surface area contributed by atoms with Crippen molar-refractivity contribution in [3.8, 4) is 0 Å². The Morgan fingerprint density at radius 2 is 1.72 bits per heavy atom. The van der Waals surface area contributed by atoms with Crippen molar-refractivity contribution in [2.45, 2.75) is 11.4 Å². The molecule has 3 aromatic rings. The van der Waals surface area contributed by atoms with Crippen molar-refractivity contribution >= 4 is 26.8 Å². The SMILES string of the molecule is CNC(=O)c1ccc(S(=O)(=O)NCc2ccc3ccccc3n2)cc1. The third-order valence-corrected chi connectivity index (χ3v) is 5.17. The molecule has 0 radical (unpaired) electrons. The van der Waals surface area contributed by atoms with Crippen molar-refractivity contribution in [1.82, 2.24) is 15.0 Å². The zero-order chi connectivity index (χ0) is 17.9. The maximum absolute atomic E-state index is 12.4. The lowest BCUT2D eigenvalue weighted by atomic mass is 10.2. The summed E-state index contributed by atoms with van der Waals surface area (Å²) in [4.78, 5) is 16.0. The Labute approximate surface area is 146 Å². The van der Waals surface area contributed by atoms with E-state index >= 15 is 0 Å². The van der Waals surface area contributed by atoms with E-state index in [1.807, 2.05) is 30.3 Å². The molecule has 2 aromatic carbocycles. The van der Waals surface area contributed by atoms with Crippen LogP contribution in [0.3, 0.4) is 0 Å². The first kappa shape index (κ1) is 17.1. The van der Waals surface area contributed by atoms with Gasteiger partial charge in [-0.15, -0.1) is 0 Å². The van der Waals surface area contributed by atoms with Crippen molar-refractivity contribution in [2.24, 2.45) is 0 Å². The Bertz CT molecular complexity index is 1020. The molecule has 0 fully saturated rings. The molecule has 6 nitrogen and oxygen atoms in total. The number of nitrogens with one attached hydrogen (secondary N) is 2. The fourth-order valence-electron chi connectivity index (χ4n) is 2.39. The minimum atomic E-state index is -3.68. The summed E-state index contributed by atoms with van der Waals surface area (Å²) >= 11 is 0. The number of pyridine rings is 1. The van der Waals surface area contributed by atoms with E-state index in [-0.39, 0.29) is 17.3 Å². The Kier molecular flexibility index (Phi) is 4.78. The Hall–Kier alpha value is -2.77. The molecule has 128 valence electrons. The Morgan fingerprint density at radius 3 is 2.44 bits per heavy atom. The number of nitrogens with zero attached hydrogens (tertiary/aromatic N) is 1. The van der Waals surface area contributed by atoms with Crippen LogP contribution in [0.15, 0.2) is 65.6 Å². The molecule has 0 bridgehead atoms. The van der Waals surface area contributed by atoms with Gasteiger partial charge in [-0.3, -0.25) is 9.78 Å². The normalized spacial score (nSPS) is 11.4. The molecule has 0 spiro atoms. The smallest absolute Gasteiger partial charge is 0.251 e. The minimum absolute atomic E-state index is 0.0877. The van der Waals surface area contributed by atoms with Crippen molar-refractivity contribution in [2.75, 3.05) is 7.05 Å². The number of benzene rings is 2. The molecule has 0 atom stereocenters. The second-order valence-corrected chi connectivity index (χ2v) is 7.19. The molecule has 0 saturated carbocycles. The fraction of sp³-hybridized carbons (Fsp3) is 0.111. The highest BCUT2D eigenvalue weighted by Gasteiger charge is 2.15. The molecular formula is C18H17N3O3S.